The fraction of sp³-hybridized carbons (Fsp3) is 0.657. The van der Waals surface area contributed by atoms with Crippen LogP contribution in [-0.2, 0) is 21.4 Å². The van der Waals surface area contributed by atoms with E-state index in [4.69, 9.17) is 4.74 Å². The van der Waals surface area contributed by atoms with Crippen molar-refractivity contribution in [2.75, 3.05) is 18.5 Å². The smallest absolute Gasteiger partial charge is 0.407 e. The highest BCUT2D eigenvalue weighted by atomic mass is 19.1. The van der Waals surface area contributed by atoms with Crippen LogP contribution in [0.3, 0.4) is 0 Å². The number of aromatic nitrogens is 1. The number of hydrogen-bond acceptors (Lipinski definition) is 5. The summed E-state index contributed by atoms with van der Waals surface area (Å²) in [6, 6.07) is 5.70. The number of amides is 3. The maximum atomic E-state index is 14.1. The van der Waals surface area contributed by atoms with Crippen LogP contribution in [0.2, 0.25) is 0 Å². The first-order chi connectivity index (χ1) is 21.9. The number of benzene rings is 1. The largest absolute Gasteiger partial charge is 0.477 e. The van der Waals surface area contributed by atoms with Gasteiger partial charge in [-0.1, -0.05) is 32.1 Å². The summed E-state index contributed by atoms with van der Waals surface area (Å²) in [6.45, 7) is 5.11. The fourth-order valence-corrected chi connectivity index (χ4v) is 8.05. The molecule has 2 heterocycles. The maximum absolute atomic E-state index is 14.1. The third-order valence-electron chi connectivity index (χ3n) is 10.3. The van der Waals surface area contributed by atoms with Crippen molar-refractivity contribution in [1.82, 2.24) is 14.8 Å². The van der Waals surface area contributed by atoms with Gasteiger partial charge in [-0.3, -0.25) is 9.59 Å². The molecule has 3 N–H and O–H groups in total. The lowest BCUT2D eigenvalue weighted by Crippen LogP contribution is -2.50. The molecule has 1 aromatic carbocycles. The van der Waals surface area contributed by atoms with E-state index in [-0.39, 0.29) is 35.3 Å². The molecule has 2 aliphatic carbocycles. The minimum absolute atomic E-state index is 0.0154. The molecule has 3 amide bonds. The SMILES string of the molecule is Cn1c(C(=O)O)cc2cc(NC(=O)[C@@H]3[C@H](C4CCCCC4)CCN3C(=O)C3CCC(C(CF)NC(=O)OC(C)(C)C)CC3)ccc21. The molecule has 3 atom stereocenters. The summed E-state index contributed by atoms with van der Waals surface area (Å²) in [5.74, 6) is -1.13. The molecule has 2 aromatic rings. The molecule has 0 radical (unpaired) electrons. The van der Waals surface area contributed by atoms with Crippen molar-refractivity contribution >= 4 is 40.5 Å². The molecule has 3 aliphatic rings. The van der Waals surface area contributed by atoms with Crippen molar-refractivity contribution in [3.8, 4) is 0 Å². The second-order valence-electron chi connectivity index (χ2n) is 14.5. The highest BCUT2D eigenvalue weighted by Crippen LogP contribution is 2.41. The summed E-state index contributed by atoms with van der Waals surface area (Å²) in [6.07, 6.45) is 8.10. The van der Waals surface area contributed by atoms with E-state index in [1.807, 2.05) is 0 Å². The zero-order valence-electron chi connectivity index (χ0n) is 27.5. The highest BCUT2D eigenvalue weighted by molar-refractivity contribution is 6.01. The maximum Gasteiger partial charge on any atom is 0.407 e. The number of anilines is 1. The summed E-state index contributed by atoms with van der Waals surface area (Å²) < 4.78 is 20.9. The van der Waals surface area contributed by atoms with Crippen LogP contribution < -0.4 is 10.6 Å². The molecule has 10 nitrogen and oxygen atoms in total. The zero-order valence-corrected chi connectivity index (χ0v) is 27.5. The monoisotopic (exact) mass is 640 g/mol. The van der Waals surface area contributed by atoms with Gasteiger partial charge >= 0.3 is 12.1 Å². The minimum Gasteiger partial charge on any atom is -0.477 e. The fourth-order valence-electron chi connectivity index (χ4n) is 8.05. The van der Waals surface area contributed by atoms with Gasteiger partial charge in [-0.25, -0.2) is 14.0 Å². The van der Waals surface area contributed by atoms with Gasteiger partial charge in [-0.05, 0) is 94.9 Å². The third kappa shape index (κ3) is 7.50. The standard InChI is InChI=1S/C35H49FN4O6/c1-35(2,3)46-34(45)38-27(20-36)22-10-12-23(13-11-22)32(42)40-17-16-26(21-8-6-5-7-9-21)30(40)31(41)37-25-14-15-28-24(18-25)19-29(33(43)44)39(28)4/h14-15,18-19,21-23,26-27,30H,5-13,16-17,20H2,1-4H3,(H,37,41)(H,38,45)(H,43,44)/t22?,23?,26-,27?,30-/m0/s1. The number of alkyl carbamates (subject to hydrolysis) is 1. The van der Waals surface area contributed by atoms with Crippen LogP contribution in [0.15, 0.2) is 24.3 Å². The average Bonchev–Trinajstić information content (AvgIpc) is 3.61. The van der Waals surface area contributed by atoms with E-state index < -0.39 is 36.4 Å². The Morgan fingerprint density at radius 2 is 1.70 bits per heavy atom. The molecule has 1 aliphatic heterocycles. The number of carboxylic acids is 1. The predicted molar refractivity (Wildman–Crippen MR) is 173 cm³/mol. The molecule has 252 valence electrons. The van der Waals surface area contributed by atoms with Crippen LogP contribution in [0.1, 0.15) is 95.5 Å². The first-order valence-electron chi connectivity index (χ1n) is 16.9. The van der Waals surface area contributed by atoms with Crippen LogP contribution in [0.25, 0.3) is 10.9 Å². The summed E-state index contributed by atoms with van der Waals surface area (Å²) >= 11 is 0. The molecular formula is C35H49FN4O6. The topological polar surface area (TPSA) is 130 Å². The average molecular weight is 641 g/mol. The molecule has 0 bridgehead atoms. The van der Waals surface area contributed by atoms with Crippen molar-refractivity contribution in [3.63, 3.8) is 0 Å². The lowest BCUT2D eigenvalue weighted by molar-refractivity contribution is -0.142. The lowest BCUT2D eigenvalue weighted by atomic mass is 9.76. The molecule has 2 saturated carbocycles. The van der Waals surface area contributed by atoms with Crippen molar-refractivity contribution in [3.05, 3.63) is 30.0 Å². The van der Waals surface area contributed by atoms with Crippen molar-refractivity contribution < 1.29 is 33.4 Å². The number of carbonyl (C=O) groups is 4. The number of likely N-dealkylation sites (tertiary alicyclic amines) is 1. The number of halogens is 1. The summed E-state index contributed by atoms with van der Waals surface area (Å²) in [7, 11) is 1.70. The molecule has 0 spiro atoms. The van der Waals surface area contributed by atoms with Crippen LogP contribution in [0, 0.1) is 23.7 Å². The second kappa shape index (κ2) is 14.0. The van der Waals surface area contributed by atoms with Gasteiger partial charge in [0.1, 0.15) is 24.0 Å². The number of aryl methyl sites for hydroxylation is 1. The lowest BCUT2D eigenvalue weighted by Gasteiger charge is -2.37. The summed E-state index contributed by atoms with van der Waals surface area (Å²) in [4.78, 5) is 53.9. The Balaban J connectivity index is 1.28. The van der Waals surface area contributed by atoms with Gasteiger partial charge in [0.25, 0.3) is 0 Å². The number of nitrogens with one attached hydrogen (secondary N) is 2. The first kappa shape index (κ1) is 33.7. The van der Waals surface area contributed by atoms with Gasteiger partial charge < -0.3 is 29.9 Å². The Morgan fingerprint density at radius 3 is 2.33 bits per heavy atom. The Morgan fingerprint density at radius 1 is 1.00 bits per heavy atom. The van der Waals surface area contributed by atoms with E-state index in [1.54, 1.807) is 61.6 Å². The van der Waals surface area contributed by atoms with Gasteiger partial charge in [-0.15, -0.1) is 0 Å². The first-order valence-corrected chi connectivity index (χ1v) is 16.9. The van der Waals surface area contributed by atoms with E-state index in [1.165, 1.54) is 6.42 Å². The Bertz CT molecular complexity index is 1440. The van der Waals surface area contributed by atoms with E-state index >= 15 is 0 Å². The van der Waals surface area contributed by atoms with Crippen LogP contribution in [0.5, 0.6) is 0 Å². The third-order valence-corrected chi connectivity index (χ3v) is 10.3. The second-order valence-corrected chi connectivity index (χ2v) is 14.5. The Labute approximate surface area is 270 Å². The summed E-state index contributed by atoms with van der Waals surface area (Å²) in [5, 5.41) is 16.0. The predicted octanol–water partition coefficient (Wildman–Crippen LogP) is 6.28. The van der Waals surface area contributed by atoms with Crippen LogP contribution in [0.4, 0.5) is 14.9 Å². The van der Waals surface area contributed by atoms with E-state index in [9.17, 15) is 28.7 Å². The van der Waals surface area contributed by atoms with Crippen molar-refractivity contribution in [2.24, 2.45) is 30.7 Å². The van der Waals surface area contributed by atoms with Crippen molar-refractivity contribution in [2.45, 2.75) is 103 Å². The van der Waals surface area contributed by atoms with Gasteiger partial charge in [0.2, 0.25) is 11.8 Å². The number of carboxylic acid groups (broad SMARTS) is 1. The molecule has 3 fully saturated rings. The van der Waals surface area contributed by atoms with E-state index in [2.05, 4.69) is 10.6 Å². The number of nitrogens with zero attached hydrogens (tertiary/aromatic N) is 2. The number of carbonyl (C=O) groups excluding carboxylic acids is 3. The Hall–Kier alpha value is -3.63. The molecule has 5 rings (SSSR count). The van der Waals surface area contributed by atoms with Gasteiger partial charge in [0, 0.05) is 36.1 Å². The number of ether oxygens (including phenoxy) is 1. The van der Waals surface area contributed by atoms with E-state index in [0.717, 1.165) is 37.6 Å². The molecule has 11 heteroatoms. The van der Waals surface area contributed by atoms with Gasteiger partial charge in [0.05, 0.1) is 6.04 Å². The quantitative estimate of drug-likeness (QED) is 0.311. The number of alkyl halides is 1. The van der Waals surface area contributed by atoms with Gasteiger partial charge in [0.15, 0.2) is 0 Å². The van der Waals surface area contributed by atoms with E-state index in [0.29, 0.717) is 49.2 Å². The number of fused-ring (bicyclic) bond motifs is 1. The number of aromatic carboxylic acids is 1. The molecule has 1 saturated heterocycles. The van der Waals surface area contributed by atoms with Crippen LogP contribution >= 0.6 is 0 Å². The minimum atomic E-state index is -1.02. The molecule has 46 heavy (non-hydrogen) atoms. The van der Waals surface area contributed by atoms with Gasteiger partial charge in [-0.2, -0.15) is 0 Å². The molecule has 1 aromatic heterocycles. The zero-order chi connectivity index (χ0) is 33.2. The molecular weight excluding hydrogens is 591 g/mol. The van der Waals surface area contributed by atoms with Crippen LogP contribution in [-0.4, -0.2) is 69.4 Å². The number of rotatable bonds is 8. The normalized spacial score (nSPS) is 24.8. The number of hydrogen-bond donors (Lipinski definition) is 3. The Kier molecular flexibility index (Phi) is 10.3. The molecule has 1 unspecified atom stereocenters. The highest BCUT2D eigenvalue weighted by Gasteiger charge is 2.47. The summed E-state index contributed by atoms with van der Waals surface area (Å²) in [5.41, 5.74) is 0.801. The van der Waals surface area contributed by atoms with Crippen molar-refractivity contribution in [1.29, 1.82) is 0 Å².